The third kappa shape index (κ3) is 3.59. The Hall–Kier alpha value is -0.810. The Morgan fingerprint density at radius 2 is 1.67 bits per heavy atom. The first-order valence-corrected chi connectivity index (χ1v) is 7.14. The predicted octanol–water partition coefficient (Wildman–Crippen LogP) is 1.12. The lowest BCUT2D eigenvalue weighted by atomic mass is 10.1. The molecular formula is C13H26N4O. The van der Waals surface area contributed by atoms with E-state index in [0.29, 0.717) is 6.04 Å². The van der Waals surface area contributed by atoms with Gasteiger partial charge in [0, 0.05) is 46.3 Å². The van der Waals surface area contributed by atoms with Crippen LogP contribution in [0.15, 0.2) is 0 Å². The fourth-order valence-corrected chi connectivity index (χ4v) is 2.76. The number of likely N-dealkylation sites (tertiary alicyclic amines) is 1. The lowest BCUT2D eigenvalue weighted by Crippen LogP contribution is -2.53. The molecule has 0 radical (unpaired) electrons. The van der Waals surface area contributed by atoms with Crippen molar-refractivity contribution in [2.75, 3.05) is 40.3 Å². The average Bonchev–Trinajstić information content (AvgIpc) is 2.40. The molecule has 18 heavy (non-hydrogen) atoms. The molecule has 0 aromatic carbocycles. The van der Waals surface area contributed by atoms with Crippen molar-refractivity contribution in [1.82, 2.24) is 20.2 Å². The summed E-state index contributed by atoms with van der Waals surface area (Å²) in [6.45, 7) is 4.11. The molecule has 0 bridgehead atoms. The molecule has 0 unspecified atom stereocenters. The molecule has 0 aromatic heterocycles. The van der Waals surface area contributed by atoms with Gasteiger partial charge in [0.1, 0.15) is 0 Å². The van der Waals surface area contributed by atoms with Gasteiger partial charge < -0.3 is 9.80 Å². The van der Waals surface area contributed by atoms with Gasteiger partial charge in [-0.2, -0.15) is 0 Å². The summed E-state index contributed by atoms with van der Waals surface area (Å²) in [5, 5.41) is 2.37. The fraction of sp³-hybridized carbons (Fsp3) is 0.923. The number of nitrogens with one attached hydrogen (secondary N) is 1. The summed E-state index contributed by atoms with van der Waals surface area (Å²) in [4.78, 5) is 15.4. The van der Waals surface area contributed by atoms with Crippen molar-refractivity contribution in [2.45, 2.75) is 38.1 Å². The summed E-state index contributed by atoms with van der Waals surface area (Å²) in [5.74, 6) is 0. The molecule has 2 heterocycles. The monoisotopic (exact) mass is 254 g/mol. The van der Waals surface area contributed by atoms with Crippen LogP contribution < -0.4 is 5.43 Å². The van der Waals surface area contributed by atoms with Crippen LogP contribution in [0, 0.1) is 0 Å². The second-order valence-electron chi connectivity index (χ2n) is 5.62. The number of hydrogen-bond acceptors (Lipinski definition) is 3. The van der Waals surface area contributed by atoms with Crippen LogP contribution in [0.3, 0.4) is 0 Å². The van der Waals surface area contributed by atoms with E-state index < -0.39 is 0 Å². The molecule has 1 N–H and O–H groups in total. The van der Waals surface area contributed by atoms with Crippen molar-refractivity contribution in [1.29, 1.82) is 0 Å². The summed E-state index contributed by atoms with van der Waals surface area (Å²) in [6.07, 6.45) is 6.12. The largest absolute Gasteiger partial charge is 0.331 e. The molecule has 104 valence electrons. The Balaban J connectivity index is 1.71. The molecule has 5 nitrogen and oxygen atoms in total. The van der Waals surface area contributed by atoms with Crippen LogP contribution in [0.2, 0.25) is 0 Å². The zero-order chi connectivity index (χ0) is 13.0. The summed E-state index contributed by atoms with van der Waals surface area (Å²) in [5.41, 5.74) is 3.63. The molecule has 0 aromatic rings. The molecule has 0 spiro atoms. The van der Waals surface area contributed by atoms with Crippen molar-refractivity contribution < 1.29 is 4.79 Å². The Labute approximate surface area is 110 Å². The highest BCUT2D eigenvalue weighted by atomic mass is 16.2. The molecule has 2 aliphatic heterocycles. The first-order chi connectivity index (χ1) is 8.66. The third-order valence-electron chi connectivity index (χ3n) is 3.87. The second-order valence-corrected chi connectivity index (χ2v) is 5.62. The number of hydrogen-bond donors (Lipinski definition) is 1. The maximum Gasteiger partial charge on any atom is 0.319 e. The number of urea groups is 1. The van der Waals surface area contributed by atoms with Gasteiger partial charge in [0.15, 0.2) is 0 Å². The van der Waals surface area contributed by atoms with E-state index >= 15 is 0 Å². The van der Waals surface area contributed by atoms with E-state index in [2.05, 4.69) is 10.4 Å². The van der Waals surface area contributed by atoms with Crippen molar-refractivity contribution in [3.63, 3.8) is 0 Å². The van der Waals surface area contributed by atoms with Gasteiger partial charge >= 0.3 is 6.03 Å². The second kappa shape index (κ2) is 6.38. The van der Waals surface area contributed by atoms with Crippen molar-refractivity contribution >= 4 is 6.03 Å². The van der Waals surface area contributed by atoms with Crippen LogP contribution >= 0.6 is 0 Å². The summed E-state index contributed by atoms with van der Waals surface area (Å²) in [6, 6.07) is 0.695. The number of piperidine rings is 2. The first-order valence-electron chi connectivity index (χ1n) is 7.14. The van der Waals surface area contributed by atoms with Gasteiger partial charge in [0.25, 0.3) is 0 Å². The molecular weight excluding hydrogens is 228 g/mol. The quantitative estimate of drug-likeness (QED) is 0.802. The molecule has 2 rings (SSSR count). The van der Waals surface area contributed by atoms with E-state index in [-0.39, 0.29) is 6.03 Å². The minimum atomic E-state index is 0.145. The van der Waals surface area contributed by atoms with Crippen molar-refractivity contribution in [2.24, 2.45) is 0 Å². The molecule has 2 aliphatic rings. The minimum Gasteiger partial charge on any atom is -0.331 e. The Morgan fingerprint density at radius 1 is 1.06 bits per heavy atom. The summed E-state index contributed by atoms with van der Waals surface area (Å²) in [7, 11) is 3.64. The maximum absolute atomic E-state index is 11.8. The van der Waals surface area contributed by atoms with Gasteiger partial charge in [-0.1, -0.05) is 6.42 Å². The van der Waals surface area contributed by atoms with E-state index in [4.69, 9.17) is 0 Å². The lowest BCUT2D eigenvalue weighted by molar-refractivity contribution is 0.0948. The maximum atomic E-state index is 11.8. The third-order valence-corrected chi connectivity index (χ3v) is 3.87. The SMILES string of the molecule is CN(C)C(=O)N1CCC(NN2CCCCC2)CC1. The highest BCUT2D eigenvalue weighted by Crippen LogP contribution is 2.14. The Kier molecular flexibility index (Phi) is 4.83. The number of carbonyl (C=O) groups is 1. The van der Waals surface area contributed by atoms with Crippen LogP contribution in [-0.4, -0.2) is 67.2 Å². The van der Waals surface area contributed by atoms with E-state index in [0.717, 1.165) is 25.9 Å². The van der Waals surface area contributed by atoms with Gasteiger partial charge in [0.05, 0.1) is 0 Å². The van der Waals surface area contributed by atoms with E-state index in [9.17, 15) is 4.79 Å². The molecule has 0 aliphatic carbocycles. The van der Waals surface area contributed by atoms with Crippen LogP contribution in [-0.2, 0) is 0 Å². The minimum absolute atomic E-state index is 0.145. The number of carbonyl (C=O) groups excluding carboxylic acids is 1. The summed E-state index contributed by atoms with van der Waals surface area (Å²) < 4.78 is 0. The number of hydrazine groups is 1. The van der Waals surface area contributed by atoms with Gasteiger partial charge in [-0.25, -0.2) is 9.80 Å². The van der Waals surface area contributed by atoms with Gasteiger partial charge in [-0.3, -0.25) is 5.43 Å². The van der Waals surface area contributed by atoms with Crippen LogP contribution in [0.1, 0.15) is 32.1 Å². The fourth-order valence-electron chi connectivity index (χ4n) is 2.76. The summed E-state index contributed by atoms with van der Waals surface area (Å²) >= 11 is 0. The van der Waals surface area contributed by atoms with Crippen LogP contribution in [0.4, 0.5) is 4.79 Å². The Morgan fingerprint density at radius 3 is 2.22 bits per heavy atom. The zero-order valence-corrected chi connectivity index (χ0v) is 11.7. The smallest absolute Gasteiger partial charge is 0.319 e. The predicted molar refractivity (Wildman–Crippen MR) is 72.2 cm³/mol. The molecule has 2 amide bonds. The van der Waals surface area contributed by atoms with Crippen LogP contribution in [0.25, 0.3) is 0 Å². The zero-order valence-electron chi connectivity index (χ0n) is 11.7. The normalized spacial score (nSPS) is 23.1. The average molecular weight is 254 g/mol. The first kappa shape index (κ1) is 13.6. The van der Waals surface area contributed by atoms with Crippen LogP contribution in [0.5, 0.6) is 0 Å². The van der Waals surface area contributed by atoms with E-state index in [1.807, 2.05) is 19.0 Å². The Bertz CT molecular complexity index is 268. The number of rotatable bonds is 2. The highest BCUT2D eigenvalue weighted by molar-refractivity contribution is 5.73. The molecule has 0 saturated carbocycles. The van der Waals surface area contributed by atoms with E-state index in [1.54, 1.807) is 4.90 Å². The molecule has 2 fully saturated rings. The van der Waals surface area contributed by atoms with Crippen molar-refractivity contribution in [3.8, 4) is 0 Å². The van der Waals surface area contributed by atoms with Gasteiger partial charge in [0.2, 0.25) is 0 Å². The lowest BCUT2D eigenvalue weighted by Gasteiger charge is -2.37. The van der Waals surface area contributed by atoms with Crippen molar-refractivity contribution in [3.05, 3.63) is 0 Å². The van der Waals surface area contributed by atoms with Gasteiger partial charge in [-0.05, 0) is 25.7 Å². The molecule has 2 saturated heterocycles. The number of nitrogens with zero attached hydrogens (tertiary/aromatic N) is 3. The highest BCUT2D eigenvalue weighted by Gasteiger charge is 2.25. The molecule has 0 atom stereocenters. The molecule has 5 heteroatoms. The van der Waals surface area contributed by atoms with E-state index in [1.165, 1.54) is 32.4 Å². The standard InChI is InChI=1S/C13H26N4O/c1-15(2)13(18)16-10-6-12(7-11-16)14-17-8-4-3-5-9-17/h12,14H,3-11H2,1-2H3. The number of amides is 2. The van der Waals surface area contributed by atoms with Gasteiger partial charge in [-0.15, -0.1) is 0 Å². The topological polar surface area (TPSA) is 38.8 Å².